The molecule has 0 bridgehead atoms. The summed E-state index contributed by atoms with van der Waals surface area (Å²) in [4.78, 5) is 10.2. The molecule has 0 radical (unpaired) electrons. The molecule has 20 heavy (non-hydrogen) atoms. The molecule has 2 rings (SSSR count). The van der Waals surface area contributed by atoms with Crippen molar-refractivity contribution >= 4 is 15.7 Å². The van der Waals surface area contributed by atoms with Crippen LogP contribution >= 0.6 is 0 Å². The Hall–Kier alpha value is -1.51. The van der Waals surface area contributed by atoms with Crippen molar-refractivity contribution in [3.63, 3.8) is 0 Å². The van der Waals surface area contributed by atoms with Crippen LogP contribution in [-0.4, -0.2) is 43.3 Å². The van der Waals surface area contributed by atoms with E-state index in [2.05, 4.69) is 5.32 Å². The van der Waals surface area contributed by atoms with E-state index in [1.165, 1.54) is 16.4 Å². The molecule has 0 amide bonds. The van der Waals surface area contributed by atoms with Crippen LogP contribution in [0, 0.1) is 17.0 Å². The smallest absolute Gasteiger partial charge is 0.270 e. The van der Waals surface area contributed by atoms with Gasteiger partial charge in [-0.1, -0.05) is 6.07 Å². The van der Waals surface area contributed by atoms with E-state index in [-0.39, 0.29) is 16.6 Å². The minimum atomic E-state index is -3.69. The molecule has 1 aliphatic heterocycles. The molecule has 1 aliphatic rings. The van der Waals surface area contributed by atoms with E-state index in [4.69, 9.17) is 0 Å². The van der Waals surface area contributed by atoms with Crippen molar-refractivity contribution in [3.8, 4) is 0 Å². The molecule has 0 aromatic heterocycles. The van der Waals surface area contributed by atoms with Crippen LogP contribution in [0.15, 0.2) is 23.1 Å². The van der Waals surface area contributed by atoms with Crippen molar-refractivity contribution in [2.24, 2.45) is 0 Å². The Kier molecular flexibility index (Phi) is 4.07. The molecule has 110 valence electrons. The average molecular weight is 299 g/mol. The van der Waals surface area contributed by atoms with Gasteiger partial charge in [-0.05, 0) is 19.4 Å². The van der Waals surface area contributed by atoms with Crippen LogP contribution in [0.4, 0.5) is 5.69 Å². The monoisotopic (exact) mass is 299 g/mol. The van der Waals surface area contributed by atoms with Gasteiger partial charge in [-0.2, -0.15) is 4.31 Å². The van der Waals surface area contributed by atoms with E-state index in [0.29, 0.717) is 25.2 Å². The van der Waals surface area contributed by atoms with Crippen molar-refractivity contribution in [1.29, 1.82) is 0 Å². The number of nitro benzene ring substituents is 1. The van der Waals surface area contributed by atoms with Gasteiger partial charge in [0.15, 0.2) is 0 Å². The topological polar surface area (TPSA) is 92.5 Å². The number of nitro groups is 1. The van der Waals surface area contributed by atoms with Crippen molar-refractivity contribution in [3.05, 3.63) is 33.9 Å². The quantitative estimate of drug-likeness (QED) is 0.661. The zero-order chi connectivity index (χ0) is 14.9. The number of hydrogen-bond donors (Lipinski definition) is 1. The van der Waals surface area contributed by atoms with Gasteiger partial charge in [-0.3, -0.25) is 10.1 Å². The van der Waals surface area contributed by atoms with Crippen LogP contribution in [0.1, 0.15) is 12.5 Å². The minimum absolute atomic E-state index is 0.0146. The highest BCUT2D eigenvalue weighted by atomic mass is 32.2. The van der Waals surface area contributed by atoms with E-state index in [9.17, 15) is 18.5 Å². The lowest BCUT2D eigenvalue weighted by atomic mass is 10.2. The first-order valence-corrected chi connectivity index (χ1v) is 7.75. The molecule has 7 nitrogen and oxygen atoms in total. The molecule has 1 heterocycles. The van der Waals surface area contributed by atoms with Crippen LogP contribution < -0.4 is 5.32 Å². The molecular weight excluding hydrogens is 282 g/mol. The van der Waals surface area contributed by atoms with Crippen LogP contribution in [0.25, 0.3) is 0 Å². The van der Waals surface area contributed by atoms with Crippen molar-refractivity contribution in [2.45, 2.75) is 24.8 Å². The predicted octanol–water partition coefficient (Wildman–Crippen LogP) is 0.886. The molecule has 1 saturated heterocycles. The zero-order valence-electron chi connectivity index (χ0n) is 11.4. The fourth-order valence-corrected chi connectivity index (χ4v) is 4.01. The van der Waals surface area contributed by atoms with Gasteiger partial charge in [-0.15, -0.1) is 0 Å². The molecule has 1 unspecified atom stereocenters. The Balaban J connectivity index is 2.43. The minimum Gasteiger partial charge on any atom is -0.312 e. The first-order valence-electron chi connectivity index (χ1n) is 6.31. The van der Waals surface area contributed by atoms with Crippen molar-refractivity contribution in [1.82, 2.24) is 9.62 Å². The maximum absolute atomic E-state index is 12.6. The lowest BCUT2D eigenvalue weighted by molar-refractivity contribution is -0.385. The maximum Gasteiger partial charge on any atom is 0.270 e. The number of piperazine rings is 1. The SMILES string of the molecule is Cc1ccc([N+](=O)[O-])cc1S(=O)(=O)N1CCNC(C)C1. The van der Waals surface area contributed by atoms with E-state index in [1.807, 2.05) is 6.92 Å². The van der Waals surface area contributed by atoms with Crippen LogP contribution in [0.2, 0.25) is 0 Å². The Bertz CT molecular complexity index is 630. The second-order valence-electron chi connectivity index (χ2n) is 4.93. The number of nitrogens with one attached hydrogen (secondary N) is 1. The zero-order valence-corrected chi connectivity index (χ0v) is 12.2. The van der Waals surface area contributed by atoms with Crippen molar-refractivity contribution < 1.29 is 13.3 Å². The summed E-state index contributed by atoms with van der Waals surface area (Å²) in [6, 6.07) is 3.99. The third-order valence-electron chi connectivity index (χ3n) is 3.33. The Morgan fingerprint density at radius 3 is 2.75 bits per heavy atom. The van der Waals surface area contributed by atoms with Gasteiger partial charge >= 0.3 is 0 Å². The third-order valence-corrected chi connectivity index (χ3v) is 5.34. The number of nitrogens with zero attached hydrogens (tertiary/aromatic N) is 2. The van der Waals surface area contributed by atoms with Gasteiger partial charge in [0.05, 0.1) is 9.82 Å². The van der Waals surface area contributed by atoms with Gasteiger partial charge in [0.25, 0.3) is 5.69 Å². The van der Waals surface area contributed by atoms with Gasteiger partial charge in [0, 0.05) is 37.8 Å². The molecule has 1 aromatic carbocycles. The number of hydrogen-bond acceptors (Lipinski definition) is 5. The summed E-state index contributed by atoms with van der Waals surface area (Å²) in [5.74, 6) is 0. The average Bonchev–Trinajstić information content (AvgIpc) is 2.38. The van der Waals surface area contributed by atoms with Crippen molar-refractivity contribution in [2.75, 3.05) is 19.6 Å². The lowest BCUT2D eigenvalue weighted by Crippen LogP contribution is -2.51. The Labute approximate surface area is 117 Å². The molecule has 0 aliphatic carbocycles. The molecule has 0 spiro atoms. The second-order valence-corrected chi connectivity index (χ2v) is 6.83. The first kappa shape index (κ1) is 14.9. The highest BCUT2D eigenvalue weighted by molar-refractivity contribution is 7.89. The van der Waals surface area contributed by atoms with Crippen LogP contribution in [-0.2, 0) is 10.0 Å². The van der Waals surface area contributed by atoms with E-state index in [0.717, 1.165) is 6.07 Å². The van der Waals surface area contributed by atoms with E-state index >= 15 is 0 Å². The number of benzene rings is 1. The van der Waals surface area contributed by atoms with Gasteiger partial charge < -0.3 is 5.32 Å². The van der Waals surface area contributed by atoms with Crippen LogP contribution in [0.3, 0.4) is 0 Å². The Morgan fingerprint density at radius 2 is 2.15 bits per heavy atom. The third kappa shape index (κ3) is 2.82. The van der Waals surface area contributed by atoms with Crippen LogP contribution in [0.5, 0.6) is 0 Å². The normalized spacial score (nSPS) is 20.8. The van der Waals surface area contributed by atoms with Gasteiger partial charge in [0.2, 0.25) is 10.0 Å². The second kappa shape index (κ2) is 5.47. The molecule has 1 N–H and O–H groups in total. The standard InChI is InChI=1S/C12H17N3O4S/c1-9-3-4-11(15(16)17)7-12(9)20(18,19)14-6-5-13-10(2)8-14/h3-4,7,10,13H,5-6,8H2,1-2H3. The summed E-state index contributed by atoms with van der Waals surface area (Å²) in [7, 11) is -3.69. The number of rotatable bonds is 3. The molecule has 1 fully saturated rings. The number of non-ortho nitro benzene ring substituents is 1. The van der Waals surface area contributed by atoms with Gasteiger partial charge in [-0.25, -0.2) is 8.42 Å². The highest BCUT2D eigenvalue weighted by Crippen LogP contribution is 2.25. The Morgan fingerprint density at radius 1 is 1.45 bits per heavy atom. The summed E-state index contributed by atoms with van der Waals surface area (Å²) in [6.45, 7) is 4.86. The first-order chi connectivity index (χ1) is 9.32. The molecule has 1 aromatic rings. The molecule has 8 heteroatoms. The van der Waals surface area contributed by atoms with Gasteiger partial charge in [0.1, 0.15) is 0 Å². The summed E-state index contributed by atoms with van der Waals surface area (Å²) in [5.41, 5.74) is 0.305. The van der Waals surface area contributed by atoms with E-state index in [1.54, 1.807) is 6.92 Å². The highest BCUT2D eigenvalue weighted by Gasteiger charge is 2.30. The van der Waals surface area contributed by atoms with E-state index < -0.39 is 14.9 Å². The number of aryl methyl sites for hydroxylation is 1. The maximum atomic E-state index is 12.6. The predicted molar refractivity (Wildman–Crippen MR) is 74.1 cm³/mol. The summed E-state index contributed by atoms with van der Waals surface area (Å²) in [5, 5.41) is 14.0. The molecule has 1 atom stereocenters. The molecule has 0 saturated carbocycles. The largest absolute Gasteiger partial charge is 0.312 e. The summed E-state index contributed by atoms with van der Waals surface area (Å²) in [6.07, 6.45) is 0. The summed E-state index contributed by atoms with van der Waals surface area (Å²) >= 11 is 0. The summed E-state index contributed by atoms with van der Waals surface area (Å²) < 4.78 is 26.6. The fraction of sp³-hybridized carbons (Fsp3) is 0.500. The molecular formula is C12H17N3O4S. The fourth-order valence-electron chi connectivity index (χ4n) is 2.23. The lowest BCUT2D eigenvalue weighted by Gasteiger charge is -2.31. The number of sulfonamides is 1.